The molecule has 0 aliphatic carbocycles. The summed E-state index contributed by atoms with van der Waals surface area (Å²) in [5, 5.41) is 6.26. The fourth-order valence-corrected chi connectivity index (χ4v) is 4.61. The van der Waals surface area contributed by atoms with E-state index in [4.69, 9.17) is 9.15 Å². The van der Waals surface area contributed by atoms with Gasteiger partial charge >= 0.3 is 0 Å². The predicted octanol–water partition coefficient (Wildman–Crippen LogP) is 3.84. The third kappa shape index (κ3) is 3.99. The molecule has 1 N–H and O–H groups in total. The summed E-state index contributed by atoms with van der Waals surface area (Å²) in [7, 11) is 0. The molecule has 1 aromatic carbocycles. The highest BCUT2D eigenvalue weighted by Gasteiger charge is 2.24. The second kappa shape index (κ2) is 8.47. The van der Waals surface area contributed by atoms with Crippen LogP contribution in [0.2, 0.25) is 0 Å². The molecule has 3 aromatic rings. The van der Waals surface area contributed by atoms with Gasteiger partial charge < -0.3 is 14.5 Å². The van der Waals surface area contributed by atoms with Crippen molar-refractivity contribution in [3.8, 4) is 0 Å². The summed E-state index contributed by atoms with van der Waals surface area (Å²) in [4.78, 5) is 16.3. The highest BCUT2D eigenvalue weighted by atomic mass is 32.1. The molecule has 1 fully saturated rings. The van der Waals surface area contributed by atoms with E-state index in [1.54, 1.807) is 17.6 Å². The van der Waals surface area contributed by atoms with E-state index < -0.39 is 0 Å². The third-order valence-electron chi connectivity index (χ3n) is 5.54. The molecule has 28 heavy (non-hydrogen) atoms. The Morgan fingerprint density at radius 3 is 2.82 bits per heavy atom. The van der Waals surface area contributed by atoms with Crippen molar-refractivity contribution in [3.05, 3.63) is 57.5 Å². The molecule has 1 saturated heterocycles. The van der Waals surface area contributed by atoms with Crippen LogP contribution in [0.15, 0.2) is 40.3 Å². The van der Waals surface area contributed by atoms with E-state index in [2.05, 4.69) is 47.6 Å². The number of nitrogens with one attached hydrogen (secondary N) is 1. The van der Waals surface area contributed by atoms with Crippen molar-refractivity contribution in [3.63, 3.8) is 0 Å². The van der Waals surface area contributed by atoms with Crippen molar-refractivity contribution in [1.29, 1.82) is 0 Å². The van der Waals surface area contributed by atoms with Crippen LogP contribution in [0.25, 0.3) is 11.0 Å². The van der Waals surface area contributed by atoms with Crippen molar-refractivity contribution in [2.24, 2.45) is 0 Å². The molecule has 1 aliphatic heterocycles. The van der Waals surface area contributed by atoms with Crippen LogP contribution < -0.4 is 5.32 Å². The molecular weight excluding hydrogens is 372 g/mol. The number of amides is 1. The maximum absolute atomic E-state index is 12.7. The van der Waals surface area contributed by atoms with Crippen molar-refractivity contribution >= 4 is 28.2 Å². The second-order valence-corrected chi connectivity index (χ2v) is 8.28. The molecular formula is C22H26N2O3S. The molecule has 4 rings (SSSR count). The zero-order valence-electron chi connectivity index (χ0n) is 16.4. The van der Waals surface area contributed by atoms with Crippen LogP contribution in [-0.2, 0) is 16.0 Å². The van der Waals surface area contributed by atoms with Gasteiger partial charge in [0.25, 0.3) is 0 Å². The van der Waals surface area contributed by atoms with E-state index in [1.807, 2.05) is 6.07 Å². The van der Waals surface area contributed by atoms with E-state index in [0.717, 1.165) is 48.4 Å². The lowest BCUT2D eigenvalue weighted by atomic mass is 10.0. The average molecular weight is 399 g/mol. The number of carbonyl (C=O) groups is 1. The molecule has 6 heteroatoms. The number of thiophene rings is 1. The van der Waals surface area contributed by atoms with E-state index in [1.165, 1.54) is 10.4 Å². The molecule has 3 heterocycles. The Hall–Kier alpha value is -2.15. The maximum Gasteiger partial charge on any atom is 0.224 e. The molecule has 148 valence electrons. The van der Waals surface area contributed by atoms with Crippen LogP contribution in [0.1, 0.15) is 27.6 Å². The first-order valence-corrected chi connectivity index (χ1v) is 10.6. The number of morpholine rings is 1. The van der Waals surface area contributed by atoms with Crippen LogP contribution in [-0.4, -0.2) is 43.7 Å². The fourth-order valence-electron chi connectivity index (χ4n) is 3.75. The Morgan fingerprint density at radius 1 is 1.25 bits per heavy atom. The Kier molecular flexibility index (Phi) is 5.80. The topological polar surface area (TPSA) is 54.7 Å². The molecule has 0 unspecified atom stereocenters. The van der Waals surface area contributed by atoms with Crippen LogP contribution in [0.4, 0.5) is 0 Å². The summed E-state index contributed by atoms with van der Waals surface area (Å²) >= 11 is 1.74. The van der Waals surface area contributed by atoms with Crippen molar-refractivity contribution in [2.75, 3.05) is 32.8 Å². The number of nitrogens with zero attached hydrogens (tertiary/aromatic N) is 1. The number of carbonyl (C=O) groups excluding carboxylic acids is 1. The standard InChI is InChI=1S/C22H26N2O3S/c1-15-5-6-18-17(14-27-22(18)16(15)2)12-21(25)23-13-19(20-4-3-11-28-20)24-7-9-26-10-8-24/h3-6,11,14,19H,7-10,12-13H2,1-2H3,(H,23,25)/t19-/m0/s1. The van der Waals surface area contributed by atoms with Gasteiger partial charge in [0, 0.05) is 35.5 Å². The molecule has 0 saturated carbocycles. The summed E-state index contributed by atoms with van der Waals surface area (Å²) in [6.45, 7) is 8.00. The van der Waals surface area contributed by atoms with Gasteiger partial charge in [0.2, 0.25) is 5.91 Å². The van der Waals surface area contributed by atoms with Gasteiger partial charge in [-0.1, -0.05) is 18.2 Å². The van der Waals surface area contributed by atoms with Gasteiger partial charge in [-0.15, -0.1) is 11.3 Å². The van der Waals surface area contributed by atoms with Crippen molar-refractivity contribution in [2.45, 2.75) is 26.3 Å². The molecule has 0 spiro atoms. The summed E-state index contributed by atoms with van der Waals surface area (Å²) in [6.07, 6.45) is 2.05. The number of ether oxygens (including phenoxy) is 1. The summed E-state index contributed by atoms with van der Waals surface area (Å²) < 4.78 is 11.2. The van der Waals surface area contributed by atoms with E-state index in [0.29, 0.717) is 13.0 Å². The molecule has 0 bridgehead atoms. The van der Waals surface area contributed by atoms with Gasteiger partial charge in [0.05, 0.1) is 31.9 Å². The minimum atomic E-state index is 0.0238. The number of rotatable bonds is 6. The number of furan rings is 1. The van der Waals surface area contributed by atoms with Crippen molar-refractivity contribution in [1.82, 2.24) is 10.2 Å². The van der Waals surface area contributed by atoms with Gasteiger partial charge in [-0.3, -0.25) is 9.69 Å². The number of hydrogen-bond donors (Lipinski definition) is 1. The third-order valence-corrected chi connectivity index (χ3v) is 6.52. The SMILES string of the molecule is Cc1ccc2c(CC(=O)NC[C@@H](c3cccs3)N3CCOCC3)coc2c1C. The highest BCUT2D eigenvalue weighted by molar-refractivity contribution is 7.10. The largest absolute Gasteiger partial charge is 0.464 e. The first-order chi connectivity index (χ1) is 13.6. The Morgan fingerprint density at radius 2 is 2.07 bits per heavy atom. The molecule has 0 radical (unpaired) electrons. The first-order valence-electron chi connectivity index (χ1n) is 9.71. The molecule has 1 aliphatic rings. The van der Waals surface area contributed by atoms with Gasteiger partial charge in [0.1, 0.15) is 5.58 Å². The zero-order chi connectivity index (χ0) is 19.5. The number of aryl methyl sites for hydroxylation is 2. The molecule has 1 atom stereocenters. The minimum Gasteiger partial charge on any atom is -0.464 e. The predicted molar refractivity (Wildman–Crippen MR) is 112 cm³/mol. The van der Waals surface area contributed by atoms with Crippen LogP contribution in [0.3, 0.4) is 0 Å². The zero-order valence-corrected chi connectivity index (χ0v) is 17.2. The smallest absolute Gasteiger partial charge is 0.224 e. The van der Waals surface area contributed by atoms with E-state index >= 15 is 0 Å². The molecule has 1 amide bonds. The fraction of sp³-hybridized carbons (Fsp3) is 0.409. The summed E-state index contributed by atoms with van der Waals surface area (Å²) in [5.74, 6) is 0.0238. The van der Waals surface area contributed by atoms with Gasteiger partial charge in [-0.05, 0) is 36.4 Å². The van der Waals surface area contributed by atoms with Gasteiger partial charge in [-0.25, -0.2) is 0 Å². The molecule has 5 nitrogen and oxygen atoms in total. The van der Waals surface area contributed by atoms with Crippen LogP contribution in [0, 0.1) is 13.8 Å². The average Bonchev–Trinajstić information content (AvgIpc) is 3.37. The van der Waals surface area contributed by atoms with E-state index in [9.17, 15) is 4.79 Å². The lowest BCUT2D eigenvalue weighted by Crippen LogP contribution is -2.43. The summed E-state index contributed by atoms with van der Waals surface area (Å²) in [5.41, 5.74) is 4.15. The first kappa shape index (κ1) is 19.2. The van der Waals surface area contributed by atoms with Crippen molar-refractivity contribution < 1.29 is 13.9 Å². The minimum absolute atomic E-state index is 0.0238. The number of hydrogen-bond acceptors (Lipinski definition) is 5. The van der Waals surface area contributed by atoms with Gasteiger partial charge in [0.15, 0.2) is 0 Å². The van der Waals surface area contributed by atoms with E-state index in [-0.39, 0.29) is 11.9 Å². The molecule has 2 aromatic heterocycles. The number of fused-ring (bicyclic) bond motifs is 1. The summed E-state index contributed by atoms with van der Waals surface area (Å²) in [6, 6.07) is 8.54. The normalized spacial score (nSPS) is 16.4. The Bertz CT molecular complexity index is 942. The van der Waals surface area contributed by atoms with Gasteiger partial charge in [-0.2, -0.15) is 0 Å². The number of benzene rings is 1. The van der Waals surface area contributed by atoms with Crippen LogP contribution in [0.5, 0.6) is 0 Å². The lowest BCUT2D eigenvalue weighted by Gasteiger charge is -2.34. The Labute approximate surface area is 169 Å². The lowest BCUT2D eigenvalue weighted by molar-refractivity contribution is -0.120. The monoisotopic (exact) mass is 398 g/mol. The maximum atomic E-state index is 12.7. The highest BCUT2D eigenvalue weighted by Crippen LogP contribution is 2.27. The second-order valence-electron chi connectivity index (χ2n) is 7.31. The van der Waals surface area contributed by atoms with Crippen LogP contribution >= 0.6 is 11.3 Å². The Balaban J connectivity index is 1.43. The quantitative estimate of drug-likeness (QED) is 0.685.